The molecule has 1 amide bonds. The first-order valence-electron chi connectivity index (χ1n) is 9.85. The number of likely N-dealkylation sites (tertiary alicyclic amines) is 1. The predicted octanol–water partition coefficient (Wildman–Crippen LogP) is 5.20. The van der Waals surface area contributed by atoms with Crippen LogP contribution in [0.5, 0.6) is 0 Å². The number of nitrogens with one attached hydrogen (secondary N) is 1. The van der Waals surface area contributed by atoms with Crippen LogP contribution >= 0.6 is 23.2 Å². The topological polar surface area (TPSA) is 71.3 Å². The molecule has 1 saturated heterocycles. The van der Waals surface area contributed by atoms with Gasteiger partial charge < -0.3 is 9.84 Å². The van der Waals surface area contributed by atoms with Crippen molar-refractivity contribution >= 4 is 34.8 Å². The summed E-state index contributed by atoms with van der Waals surface area (Å²) in [5.74, 6) is 0.965. The Labute approximate surface area is 185 Å². The van der Waals surface area contributed by atoms with E-state index in [4.69, 9.17) is 27.7 Å². The first kappa shape index (κ1) is 20.8. The van der Waals surface area contributed by atoms with Crippen molar-refractivity contribution in [3.8, 4) is 11.4 Å². The van der Waals surface area contributed by atoms with Crippen LogP contribution in [0.1, 0.15) is 24.3 Å². The van der Waals surface area contributed by atoms with Gasteiger partial charge in [0.2, 0.25) is 17.6 Å². The Morgan fingerprint density at radius 2 is 2.03 bits per heavy atom. The van der Waals surface area contributed by atoms with Crippen LogP contribution in [0.3, 0.4) is 0 Å². The largest absolute Gasteiger partial charge is 0.338 e. The Balaban J connectivity index is 1.38. The highest BCUT2D eigenvalue weighted by Gasteiger charge is 2.27. The van der Waals surface area contributed by atoms with Gasteiger partial charge >= 0.3 is 0 Å². The second-order valence-electron chi connectivity index (χ2n) is 7.60. The minimum absolute atomic E-state index is 0.0380. The maximum atomic E-state index is 12.7. The number of aromatic nitrogens is 2. The van der Waals surface area contributed by atoms with E-state index in [0.29, 0.717) is 40.5 Å². The maximum absolute atomic E-state index is 12.7. The minimum Gasteiger partial charge on any atom is -0.338 e. The molecule has 0 bridgehead atoms. The van der Waals surface area contributed by atoms with Crippen LogP contribution in [0, 0.1) is 12.8 Å². The van der Waals surface area contributed by atoms with Gasteiger partial charge in [0.15, 0.2) is 0 Å². The molecule has 1 aromatic heterocycles. The van der Waals surface area contributed by atoms with Gasteiger partial charge in [0.05, 0.1) is 12.5 Å². The zero-order valence-corrected chi connectivity index (χ0v) is 18.1. The average molecular weight is 445 g/mol. The fourth-order valence-electron chi connectivity index (χ4n) is 3.70. The van der Waals surface area contributed by atoms with E-state index in [0.717, 1.165) is 30.5 Å². The Morgan fingerprint density at radius 3 is 2.80 bits per heavy atom. The van der Waals surface area contributed by atoms with Crippen LogP contribution in [0.25, 0.3) is 11.4 Å². The molecule has 1 N–H and O–H groups in total. The lowest BCUT2D eigenvalue weighted by atomic mass is 9.97. The van der Waals surface area contributed by atoms with Crippen molar-refractivity contribution in [3.05, 3.63) is 64.0 Å². The molecule has 8 heteroatoms. The molecule has 1 aliphatic rings. The molecule has 156 valence electrons. The highest BCUT2D eigenvalue weighted by atomic mass is 35.5. The molecule has 2 aromatic carbocycles. The standard InChI is InChI=1S/C22H22Cl2N4O2/c1-14-4-2-5-15(8-14)21-26-20(30-27-21)13-28-7-3-6-16(12-28)22(29)25-19-10-17(23)9-18(24)11-19/h2,4-5,8-11,16H,3,6-7,12-13H2,1H3,(H,25,29). The fraction of sp³-hybridized carbons (Fsp3) is 0.318. The van der Waals surface area contributed by atoms with Gasteiger partial charge in [0.25, 0.3) is 0 Å². The summed E-state index contributed by atoms with van der Waals surface area (Å²) in [7, 11) is 0. The fourth-order valence-corrected chi connectivity index (χ4v) is 4.22. The van der Waals surface area contributed by atoms with Crippen LogP contribution in [0.15, 0.2) is 47.0 Å². The highest BCUT2D eigenvalue weighted by Crippen LogP contribution is 2.25. The van der Waals surface area contributed by atoms with Crippen molar-refractivity contribution in [3.63, 3.8) is 0 Å². The van der Waals surface area contributed by atoms with Gasteiger partial charge in [-0.15, -0.1) is 0 Å². The second-order valence-corrected chi connectivity index (χ2v) is 8.48. The van der Waals surface area contributed by atoms with Crippen molar-refractivity contribution in [1.82, 2.24) is 15.0 Å². The molecular formula is C22H22Cl2N4O2. The maximum Gasteiger partial charge on any atom is 0.241 e. The SMILES string of the molecule is Cc1cccc(-c2noc(CN3CCCC(C(=O)Nc4cc(Cl)cc(Cl)c4)C3)n2)c1. The van der Waals surface area contributed by atoms with Crippen molar-refractivity contribution in [1.29, 1.82) is 0 Å². The molecule has 4 rings (SSSR count). The molecule has 30 heavy (non-hydrogen) atoms. The summed E-state index contributed by atoms with van der Waals surface area (Å²) in [6.45, 7) is 4.06. The Kier molecular flexibility index (Phi) is 6.37. The van der Waals surface area contributed by atoms with Crippen molar-refractivity contribution < 1.29 is 9.32 Å². The number of rotatable bonds is 5. The summed E-state index contributed by atoms with van der Waals surface area (Å²) in [5, 5.41) is 8.00. The zero-order valence-electron chi connectivity index (χ0n) is 16.6. The summed E-state index contributed by atoms with van der Waals surface area (Å²) in [4.78, 5) is 19.4. The van der Waals surface area contributed by atoms with Gasteiger partial charge in [-0.25, -0.2) is 0 Å². The summed E-state index contributed by atoms with van der Waals surface area (Å²) in [5.41, 5.74) is 2.68. The molecular weight excluding hydrogens is 423 g/mol. The molecule has 1 atom stereocenters. The second kappa shape index (κ2) is 9.16. The lowest BCUT2D eigenvalue weighted by molar-refractivity contribution is -0.121. The van der Waals surface area contributed by atoms with E-state index in [-0.39, 0.29) is 11.8 Å². The number of amides is 1. The van der Waals surface area contributed by atoms with Crippen LogP contribution in [0.2, 0.25) is 10.0 Å². The number of halogens is 2. The Bertz CT molecular complexity index is 1030. The first-order chi connectivity index (χ1) is 14.5. The van der Waals surface area contributed by atoms with Crippen LogP contribution < -0.4 is 5.32 Å². The number of benzene rings is 2. The van der Waals surface area contributed by atoms with E-state index in [1.807, 2.05) is 31.2 Å². The number of carbonyl (C=O) groups is 1. The molecule has 0 saturated carbocycles. The van der Waals surface area contributed by atoms with Crippen LogP contribution in [-0.2, 0) is 11.3 Å². The van der Waals surface area contributed by atoms with Crippen LogP contribution in [-0.4, -0.2) is 34.0 Å². The summed E-state index contributed by atoms with van der Waals surface area (Å²) >= 11 is 12.0. The van der Waals surface area contributed by atoms with Crippen molar-refractivity contribution in [2.45, 2.75) is 26.3 Å². The molecule has 2 heterocycles. The van der Waals surface area contributed by atoms with E-state index in [1.54, 1.807) is 18.2 Å². The molecule has 6 nitrogen and oxygen atoms in total. The van der Waals surface area contributed by atoms with Crippen molar-refractivity contribution in [2.75, 3.05) is 18.4 Å². The van der Waals surface area contributed by atoms with E-state index in [9.17, 15) is 4.79 Å². The number of hydrogen-bond donors (Lipinski definition) is 1. The highest BCUT2D eigenvalue weighted by molar-refractivity contribution is 6.35. The molecule has 0 spiro atoms. The summed E-state index contributed by atoms with van der Waals surface area (Å²) < 4.78 is 5.45. The predicted molar refractivity (Wildman–Crippen MR) is 118 cm³/mol. The van der Waals surface area contributed by atoms with Gasteiger partial charge in [-0.3, -0.25) is 9.69 Å². The van der Waals surface area contributed by atoms with E-state index in [1.165, 1.54) is 0 Å². The monoisotopic (exact) mass is 444 g/mol. The van der Waals surface area contributed by atoms with Gasteiger partial charge in [0, 0.05) is 27.8 Å². The number of piperidine rings is 1. The summed E-state index contributed by atoms with van der Waals surface area (Å²) in [6.07, 6.45) is 1.75. The molecule has 1 aliphatic heterocycles. The smallest absolute Gasteiger partial charge is 0.241 e. The van der Waals surface area contributed by atoms with Gasteiger partial charge in [-0.2, -0.15) is 4.98 Å². The molecule has 1 unspecified atom stereocenters. The van der Waals surface area contributed by atoms with Gasteiger partial charge in [0.1, 0.15) is 0 Å². The number of hydrogen-bond acceptors (Lipinski definition) is 5. The Hall–Kier alpha value is -2.41. The van der Waals surface area contributed by atoms with E-state index >= 15 is 0 Å². The van der Waals surface area contributed by atoms with Crippen molar-refractivity contribution in [2.24, 2.45) is 5.92 Å². The molecule has 3 aromatic rings. The lowest BCUT2D eigenvalue weighted by Crippen LogP contribution is -2.40. The van der Waals surface area contributed by atoms with E-state index in [2.05, 4.69) is 20.4 Å². The third-order valence-electron chi connectivity index (χ3n) is 5.11. The summed E-state index contributed by atoms with van der Waals surface area (Å²) in [6, 6.07) is 13.0. The molecule has 1 fully saturated rings. The number of carbonyl (C=O) groups excluding carboxylic acids is 1. The minimum atomic E-state index is -0.129. The number of anilines is 1. The third-order valence-corrected chi connectivity index (χ3v) is 5.55. The Morgan fingerprint density at radius 1 is 1.23 bits per heavy atom. The van der Waals surface area contributed by atoms with Gasteiger partial charge in [-0.1, -0.05) is 52.1 Å². The van der Waals surface area contributed by atoms with Crippen LogP contribution in [0.4, 0.5) is 5.69 Å². The quantitative estimate of drug-likeness (QED) is 0.585. The normalized spacial score (nSPS) is 17.1. The zero-order chi connectivity index (χ0) is 21.1. The van der Waals surface area contributed by atoms with E-state index < -0.39 is 0 Å². The molecule has 0 radical (unpaired) electrons. The molecule has 0 aliphatic carbocycles. The van der Waals surface area contributed by atoms with Gasteiger partial charge in [-0.05, 0) is 50.6 Å². The lowest BCUT2D eigenvalue weighted by Gasteiger charge is -2.30. The third kappa shape index (κ3) is 5.19. The number of aryl methyl sites for hydroxylation is 1. The first-order valence-corrected chi connectivity index (χ1v) is 10.6. The number of nitrogens with zero attached hydrogens (tertiary/aromatic N) is 3. The average Bonchev–Trinajstić information content (AvgIpc) is 3.16.